The summed E-state index contributed by atoms with van der Waals surface area (Å²) >= 11 is 5.98. The van der Waals surface area contributed by atoms with Crippen LogP contribution in [-0.4, -0.2) is 44.9 Å². The molecule has 31 heavy (non-hydrogen) atoms. The molecular weight excluding hydrogens is 438 g/mol. The second kappa shape index (κ2) is 10.3. The van der Waals surface area contributed by atoms with Crippen LogP contribution >= 0.6 is 11.6 Å². The first-order valence-electron chi connectivity index (χ1n) is 10.4. The Labute approximate surface area is 189 Å². The molecule has 1 saturated heterocycles. The monoisotopic (exact) mass is 465 g/mol. The molecule has 3 rings (SSSR count). The molecule has 0 saturated carbocycles. The zero-order valence-electron chi connectivity index (χ0n) is 17.8. The highest BCUT2D eigenvalue weighted by Gasteiger charge is 2.35. The lowest BCUT2D eigenvalue weighted by atomic mass is 9.99. The standard InChI is InChI=1S/C22H28ClN3O4S/c1-3-26(20-10-12-21(13-11-20)30-4-2)31(28,29)25-14-6-7-17(16-25)22(27)24-19-9-5-8-18(23)15-19/h5,8-13,15,17H,3-4,6-7,14,16H2,1-2H3,(H,24,27)/t17-/m1/s1. The van der Waals surface area contributed by atoms with Crippen molar-refractivity contribution in [2.45, 2.75) is 26.7 Å². The number of hydrogen-bond donors (Lipinski definition) is 1. The molecule has 0 radical (unpaired) electrons. The molecule has 1 fully saturated rings. The van der Waals surface area contributed by atoms with E-state index in [1.54, 1.807) is 55.5 Å². The van der Waals surface area contributed by atoms with E-state index in [0.29, 0.717) is 48.1 Å². The number of piperidine rings is 1. The smallest absolute Gasteiger partial charge is 0.304 e. The van der Waals surface area contributed by atoms with Crippen LogP contribution in [0.5, 0.6) is 5.75 Å². The predicted molar refractivity (Wildman–Crippen MR) is 124 cm³/mol. The lowest BCUT2D eigenvalue weighted by Crippen LogP contribution is -2.50. The van der Waals surface area contributed by atoms with Crippen LogP contribution in [0.4, 0.5) is 11.4 Å². The minimum atomic E-state index is -3.77. The molecule has 7 nitrogen and oxygen atoms in total. The van der Waals surface area contributed by atoms with Crippen LogP contribution in [-0.2, 0) is 15.0 Å². The Morgan fingerprint density at radius 1 is 1.23 bits per heavy atom. The third-order valence-electron chi connectivity index (χ3n) is 5.17. The van der Waals surface area contributed by atoms with Crippen LogP contribution in [0.1, 0.15) is 26.7 Å². The Kier molecular flexibility index (Phi) is 7.80. The zero-order chi connectivity index (χ0) is 22.4. The second-order valence-electron chi connectivity index (χ2n) is 7.30. The first-order valence-corrected chi connectivity index (χ1v) is 12.2. The van der Waals surface area contributed by atoms with Crippen molar-refractivity contribution in [3.05, 3.63) is 53.6 Å². The fraction of sp³-hybridized carbons (Fsp3) is 0.409. The van der Waals surface area contributed by atoms with E-state index in [2.05, 4.69) is 5.32 Å². The predicted octanol–water partition coefficient (Wildman–Crippen LogP) is 4.16. The number of halogens is 1. The van der Waals surface area contributed by atoms with E-state index >= 15 is 0 Å². The van der Waals surface area contributed by atoms with Gasteiger partial charge in [-0.3, -0.25) is 9.10 Å². The molecule has 2 aromatic carbocycles. The average molecular weight is 466 g/mol. The van der Waals surface area contributed by atoms with Crippen LogP contribution in [0.2, 0.25) is 5.02 Å². The summed E-state index contributed by atoms with van der Waals surface area (Å²) in [5.41, 5.74) is 1.17. The Balaban J connectivity index is 1.72. The van der Waals surface area contributed by atoms with Crippen LogP contribution in [0.25, 0.3) is 0 Å². The van der Waals surface area contributed by atoms with Crippen molar-refractivity contribution in [2.24, 2.45) is 5.92 Å². The summed E-state index contributed by atoms with van der Waals surface area (Å²) in [5.74, 6) is 0.0586. The van der Waals surface area contributed by atoms with Gasteiger partial charge in [-0.25, -0.2) is 0 Å². The van der Waals surface area contributed by atoms with Gasteiger partial charge in [0, 0.05) is 30.3 Å². The molecule has 0 unspecified atom stereocenters. The number of nitrogens with one attached hydrogen (secondary N) is 1. The summed E-state index contributed by atoms with van der Waals surface area (Å²) in [6.07, 6.45) is 1.25. The summed E-state index contributed by atoms with van der Waals surface area (Å²) in [7, 11) is -3.77. The molecule has 1 heterocycles. The summed E-state index contributed by atoms with van der Waals surface area (Å²) in [5, 5.41) is 3.37. The third-order valence-corrected chi connectivity index (χ3v) is 7.42. The number of carbonyl (C=O) groups excluding carboxylic acids is 1. The molecule has 2 aromatic rings. The Hall–Kier alpha value is -2.29. The molecule has 1 atom stereocenters. The van der Waals surface area contributed by atoms with Crippen molar-refractivity contribution in [3.63, 3.8) is 0 Å². The van der Waals surface area contributed by atoms with Crippen molar-refractivity contribution in [2.75, 3.05) is 35.9 Å². The highest BCUT2D eigenvalue weighted by Crippen LogP contribution is 2.27. The maximum absolute atomic E-state index is 13.4. The molecule has 1 aliphatic heterocycles. The summed E-state index contributed by atoms with van der Waals surface area (Å²) < 4.78 is 34.9. The van der Waals surface area contributed by atoms with Crippen LogP contribution in [0, 0.1) is 5.92 Å². The fourth-order valence-corrected chi connectivity index (χ4v) is 5.58. The van der Waals surface area contributed by atoms with Crippen molar-refractivity contribution in [1.29, 1.82) is 0 Å². The maximum atomic E-state index is 13.4. The van der Waals surface area contributed by atoms with Gasteiger partial charge in [0.05, 0.1) is 18.2 Å². The van der Waals surface area contributed by atoms with Gasteiger partial charge in [-0.2, -0.15) is 12.7 Å². The lowest BCUT2D eigenvalue weighted by molar-refractivity contribution is -0.120. The Morgan fingerprint density at radius 2 is 1.97 bits per heavy atom. The lowest BCUT2D eigenvalue weighted by Gasteiger charge is -2.35. The van der Waals surface area contributed by atoms with Crippen molar-refractivity contribution in [1.82, 2.24) is 4.31 Å². The average Bonchev–Trinajstić information content (AvgIpc) is 2.75. The summed E-state index contributed by atoms with van der Waals surface area (Å²) in [6.45, 7) is 5.04. The number of anilines is 2. The number of carbonyl (C=O) groups is 1. The van der Waals surface area contributed by atoms with Gasteiger partial charge in [0.25, 0.3) is 0 Å². The highest BCUT2D eigenvalue weighted by atomic mass is 35.5. The summed E-state index contributed by atoms with van der Waals surface area (Å²) in [6, 6.07) is 13.9. The van der Waals surface area contributed by atoms with Crippen molar-refractivity contribution >= 4 is 39.1 Å². The number of amides is 1. The molecule has 0 aliphatic carbocycles. The van der Waals surface area contributed by atoms with Crippen molar-refractivity contribution in [3.8, 4) is 5.75 Å². The first kappa shape index (κ1) is 23.4. The van der Waals surface area contributed by atoms with E-state index < -0.39 is 16.1 Å². The molecule has 1 N–H and O–H groups in total. The number of ether oxygens (including phenoxy) is 1. The minimum absolute atomic E-state index is 0.141. The summed E-state index contributed by atoms with van der Waals surface area (Å²) in [4.78, 5) is 12.8. The second-order valence-corrected chi connectivity index (χ2v) is 9.59. The normalized spacial score (nSPS) is 17.2. The first-order chi connectivity index (χ1) is 14.8. The Bertz CT molecular complexity index is 998. The zero-order valence-corrected chi connectivity index (χ0v) is 19.3. The van der Waals surface area contributed by atoms with Crippen molar-refractivity contribution < 1.29 is 17.9 Å². The maximum Gasteiger partial charge on any atom is 0.304 e. The van der Waals surface area contributed by atoms with Gasteiger partial charge in [0.2, 0.25) is 5.91 Å². The molecule has 0 aromatic heterocycles. The molecule has 0 bridgehead atoms. The van der Waals surface area contributed by atoms with Gasteiger partial charge >= 0.3 is 10.2 Å². The molecule has 0 spiro atoms. The van der Waals surface area contributed by atoms with Gasteiger partial charge < -0.3 is 10.1 Å². The molecule has 1 aliphatic rings. The van der Waals surface area contributed by atoms with E-state index in [0.717, 1.165) is 0 Å². The topological polar surface area (TPSA) is 79.0 Å². The van der Waals surface area contributed by atoms with Gasteiger partial charge in [0.1, 0.15) is 5.75 Å². The van der Waals surface area contributed by atoms with Crippen LogP contribution < -0.4 is 14.4 Å². The van der Waals surface area contributed by atoms with Gasteiger partial charge in [-0.15, -0.1) is 0 Å². The number of nitrogens with zero attached hydrogens (tertiary/aromatic N) is 2. The Morgan fingerprint density at radius 3 is 2.61 bits per heavy atom. The molecule has 1 amide bonds. The van der Waals surface area contributed by atoms with Gasteiger partial charge in [0.15, 0.2) is 0 Å². The highest BCUT2D eigenvalue weighted by molar-refractivity contribution is 7.90. The van der Waals surface area contributed by atoms with Crippen LogP contribution in [0.15, 0.2) is 48.5 Å². The van der Waals surface area contributed by atoms with E-state index in [1.807, 2.05) is 6.92 Å². The quantitative estimate of drug-likeness (QED) is 0.634. The minimum Gasteiger partial charge on any atom is -0.494 e. The number of hydrogen-bond acceptors (Lipinski definition) is 4. The molecule has 9 heteroatoms. The van der Waals surface area contributed by atoms with E-state index in [9.17, 15) is 13.2 Å². The van der Waals surface area contributed by atoms with Crippen LogP contribution in [0.3, 0.4) is 0 Å². The van der Waals surface area contributed by atoms with E-state index in [1.165, 1.54) is 8.61 Å². The van der Waals surface area contributed by atoms with Gasteiger partial charge in [-0.1, -0.05) is 17.7 Å². The molecular formula is C22H28ClN3O4S. The SMILES string of the molecule is CCOc1ccc(N(CC)S(=O)(=O)N2CCC[C@@H](C(=O)Nc3cccc(Cl)c3)C2)cc1. The number of benzene rings is 2. The van der Waals surface area contributed by atoms with Gasteiger partial charge in [-0.05, 0) is 69.2 Å². The van der Waals surface area contributed by atoms with E-state index in [-0.39, 0.29) is 19.0 Å². The third kappa shape index (κ3) is 5.70. The fourth-order valence-electron chi connectivity index (χ4n) is 3.67. The number of rotatable bonds is 8. The largest absolute Gasteiger partial charge is 0.494 e. The molecule has 168 valence electrons. The van der Waals surface area contributed by atoms with E-state index in [4.69, 9.17) is 16.3 Å².